The van der Waals surface area contributed by atoms with Gasteiger partial charge in [0, 0.05) is 30.0 Å². The maximum absolute atomic E-state index is 5.66. The average molecular weight is 431 g/mol. The summed E-state index contributed by atoms with van der Waals surface area (Å²) in [7, 11) is 0. The number of halogens is 1. The van der Waals surface area contributed by atoms with Crippen LogP contribution < -0.4 is 5.32 Å². The number of nitrogens with one attached hydrogen (secondary N) is 1. The first kappa shape index (κ1) is 16.6. The summed E-state index contributed by atoms with van der Waals surface area (Å²) in [5, 5.41) is 4.22. The van der Waals surface area contributed by atoms with Crippen molar-refractivity contribution in [1.29, 1.82) is 0 Å². The molecule has 7 heteroatoms. The molecule has 1 saturated heterocycles. The smallest absolute Gasteiger partial charge is 0.170 e. The van der Waals surface area contributed by atoms with Crippen molar-refractivity contribution in [3.63, 3.8) is 0 Å². The molecule has 126 valence electrons. The van der Waals surface area contributed by atoms with E-state index < -0.39 is 0 Å². The van der Waals surface area contributed by atoms with Crippen LogP contribution in [0.3, 0.4) is 0 Å². The van der Waals surface area contributed by atoms with Crippen LogP contribution in [0.1, 0.15) is 28.2 Å². The van der Waals surface area contributed by atoms with Gasteiger partial charge >= 0.3 is 0 Å². The van der Waals surface area contributed by atoms with Crippen molar-refractivity contribution in [2.75, 3.05) is 0 Å². The summed E-state index contributed by atoms with van der Waals surface area (Å²) in [6.07, 6.45) is 5.46. The van der Waals surface area contributed by atoms with Crippen molar-refractivity contribution < 1.29 is 0 Å². The van der Waals surface area contributed by atoms with Crippen LogP contribution in [-0.4, -0.2) is 20.0 Å². The lowest BCUT2D eigenvalue weighted by molar-refractivity contribution is 0.315. The molecular weight excluding hydrogens is 416 g/mol. The molecular formula is C18H15BrN4S2. The van der Waals surface area contributed by atoms with Gasteiger partial charge in [-0.25, -0.2) is 0 Å². The first-order chi connectivity index (χ1) is 12.2. The highest BCUT2D eigenvalue weighted by molar-refractivity contribution is 9.11. The van der Waals surface area contributed by atoms with Crippen molar-refractivity contribution in [1.82, 2.24) is 20.2 Å². The predicted octanol–water partition coefficient (Wildman–Crippen LogP) is 4.47. The summed E-state index contributed by atoms with van der Waals surface area (Å²) >= 11 is 11.0. The Kier molecular flexibility index (Phi) is 4.78. The highest BCUT2D eigenvalue weighted by Gasteiger charge is 2.40. The van der Waals surface area contributed by atoms with E-state index in [1.807, 2.05) is 48.9 Å². The Morgan fingerprint density at radius 1 is 1.12 bits per heavy atom. The van der Waals surface area contributed by atoms with E-state index in [1.165, 1.54) is 10.4 Å². The van der Waals surface area contributed by atoms with Gasteiger partial charge in [-0.15, -0.1) is 11.3 Å². The van der Waals surface area contributed by atoms with Gasteiger partial charge in [-0.3, -0.25) is 9.97 Å². The number of rotatable bonds is 4. The number of thiocarbonyl (C=S) groups is 1. The van der Waals surface area contributed by atoms with Crippen LogP contribution in [0.4, 0.5) is 0 Å². The lowest BCUT2D eigenvalue weighted by atomic mass is 10.0. The second-order valence-corrected chi connectivity index (χ2v) is 8.63. The zero-order valence-electron chi connectivity index (χ0n) is 13.2. The molecule has 4 heterocycles. The summed E-state index contributed by atoms with van der Waals surface area (Å²) in [5.41, 5.74) is 2.18. The van der Waals surface area contributed by atoms with E-state index in [0.29, 0.717) is 0 Å². The predicted molar refractivity (Wildman–Crippen MR) is 107 cm³/mol. The summed E-state index contributed by atoms with van der Waals surface area (Å²) in [5.74, 6) is 0. The highest BCUT2D eigenvalue weighted by Crippen LogP contribution is 2.42. The molecule has 1 aliphatic rings. The van der Waals surface area contributed by atoms with Crippen LogP contribution in [0.25, 0.3) is 0 Å². The van der Waals surface area contributed by atoms with E-state index in [2.05, 4.69) is 48.2 Å². The van der Waals surface area contributed by atoms with Crippen LogP contribution >= 0.6 is 39.5 Å². The van der Waals surface area contributed by atoms with Crippen molar-refractivity contribution in [3.8, 4) is 0 Å². The van der Waals surface area contributed by atoms with Gasteiger partial charge in [-0.2, -0.15) is 0 Å². The molecule has 1 fully saturated rings. The van der Waals surface area contributed by atoms with Gasteiger partial charge in [0.05, 0.1) is 21.6 Å². The van der Waals surface area contributed by atoms with Crippen molar-refractivity contribution >= 4 is 44.6 Å². The quantitative estimate of drug-likeness (QED) is 0.618. The molecule has 1 aliphatic heterocycles. The van der Waals surface area contributed by atoms with E-state index >= 15 is 0 Å². The van der Waals surface area contributed by atoms with Crippen LogP contribution in [-0.2, 0) is 6.54 Å². The second kappa shape index (κ2) is 7.19. The van der Waals surface area contributed by atoms with Crippen LogP contribution in [0.2, 0.25) is 0 Å². The fourth-order valence-electron chi connectivity index (χ4n) is 3.06. The number of thiophene rings is 1. The fourth-order valence-corrected chi connectivity index (χ4v) is 4.94. The SMILES string of the molecule is S=C1N[C@@H](c2ccccn2)[C@@H](c2ccc(Br)s2)N1Cc1ccncc1. The third-order valence-electron chi connectivity index (χ3n) is 4.19. The number of nitrogens with zero attached hydrogens (tertiary/aromatic N) is 3. The maximum Gasteiger partial charge on any atom is 0.170 e. The third-order valence-corrected chi connectivity index (χ3v) is 6.23. The van der Waals surface area contributed by atoms with E-state index in [4.69, 9.17) is 12.2 Å². The van der Waals surface area contributed by atoms with E-state index in [1.54, 1.807) is 11.3 Å². The minimum Gasteiger partial charge on any atom is -0.352 e. The molecule has 0 amide bonds. The number of pyridine rings is 2. The van der Waals surface area contributed by atoms with Gasteiger partial charge < -0.3 is 10.2 Å². The number of aromatic nitrogens is 2. The van der Waals surface area contributed by atoms with Gasteiger partial charge in [0.1, 0.15) is 0 Å². The van der Waals surface area contributed by atoms with Crippen molar-refractivity contribution in [3.05, 3.63) is 81.0 Å². The topological polar surface area (TPSA) is 41.1 Å². The van der Waals surface area contributed by atoms with Gasteiger partial charge in [-0.1, -0.05) is 6.07 Å². The first-order valence-electron chi connectivity index (χ1n) is 7.84. The molecule has 25 heavy (non-hydrogen) atoms. The van der Waals surface area contributed by atoms with Gasteiger partial charge in [0.15, 0.2) is 5.11 Å². The van der Waals surface area contributed by atoms with Crippen molar-refractivity contribution in [2.24, 2.45) is 0 Å². The lowest BCUT2D eigenvalue weighted by Gasteiger charge is -2.26. The molecule has 0 unspecified atom stereocenters. The van der Waals surface area contributed by atoms with Gasteiger partial charge in [-0.05, 0) is 70.1 Å². The summed E-state index contributed by atoms with van der Waals surface area (Å²) in [6.45, 7) is 0.734. The molecule has 4 rings (SSSR count). The molecule has 1 N–H and O–H groups in total. The molecule has 4 nitrogen and oxygen atoms in total. The Labute approximate surface area is 164 Å². The Morgan fingerprint density at radius 2 is 1.96 bits per heavy atom. The molecule has 3 aromatic heterocycles. The molecule has 0 aromatic carbocycles. The lowest BCUT2D eigenvalue weighted by Crippen LogP contribution is -2.28. The van der Waals surface area contributed by atoms with E-state index in [0.717, 1.165) is 21.1 Å². The zero-order valence-corrected chi connectivity index (χ0v) is 16.4. The molecule has 0 radical (unpaired) electrons. The largest absolute Gasteiger partial charge is 0.352 e. The highest BCUT2D eigenvalue weighted by atomic mass is 79.9. The van der Waals surface area contributed by atoms with Crippen LogP contribution in [0.5, 0.6) is 0 Å². The normalized spacial score (nSPS) is 19.9. The van der Waals surface area contributed by atoms with Crippen LogP contribution in [0, 0.1) is 0 Å². The molecule has 0 saturated carbocycles. The molecule has 0 bridgehead atoms. The minimum absolute atomic E-state index is 0.0288. The summed E-state index contributed by atoms with van der Waals surface area (Å²) < 4.78 is 1.11. The van der Waals surface area contributed by atoms with E-state index in [9.17, 15) is 0 Å². The molecule has 3 aromatic rings. The van der Waals surface area contributed by atoms with Gasteiger partial charge in [0.2, 0.25) is 0 Å². The third kappa shape index (κ3) is 3.44. The second-order valence-electron chi connectivity index (χ2n) is 5.75. The Balaban J connectivity index is 1.72. The maximum atomic E-state index is 5.66. The minimum atomic E-state index is 0.0288. The monoisotopic (exact) mass is 430 g/mol. The zero-order chi connectivity index (χ0) is 17.2. The average Bonchev–Trinajstić information content (AvgIpc) is 3.20. The fraction of sp³-hybridized carbons (Fsp3) is 0.167. The van der Waals surface area contributed by atoms with Crippen molar-refractivity contribution in [2.45, 2.75) is 18.6 Å². The van der Waals surface area contributed by atoms with Gasteiger partial charge in [0.25, 0.3) is 0 Å². The number of hydrogen-bond donors (Lipinski definition) is 1. The molecule has 0 aliphatic carbocycles. The summed E-state index contributed by atoms with van der Waals surface area (Å²) in [6, 6.07) is 14.4. The first-order valence-corrected chi connectivity index (χ1v) is 9.86. The van der Waals surface area contributed by atoms with E-state index in [-0.39, 0.29) is 12.1 Å². The Bertz CT molecular complexity index is 869. The number of hydrogen-bond acceptors (Lipinski definition) is 4. The Hall–Kier alpha value is -1.83. The Morgan fingerprint density at radius 3 is 2.64 bits per heavy atom. The molecule has 0 spiro atoms. The summed E-state index contributed by atoms with van der Waals surface area (Å²) in [4.78, 5) is 12.1. The van der Waals surface area contributed by atoms with Crippen LogP contribution in [0.15, 0.2) is 64.8 Å². The molecule has 2 atom stereocenters. The standard InChI is InChI=1S/C18H15BrN4S2/c19-15-5-4-14(25-15)17-16(13-3-1-2-8-21-13)22-18(24)23(17)11-12-6-9-20-10-7-12/h1-10,16-17H,11H2,(H,22,24)/t16-,17+/m0/s1.